The van der Waals surface area contributed by atoms with Crippen molar-refractivity contribution in [2.24, 2.45) is 0 Å². The standard InChI is InChI=1S/C26H32N4O6S/c1-19-4-3-5-21(14-19)29-9-8-27(16-20(29)2)25(31)17-30-23-15-22(6-7-24(23)36-18-26(30)32)37(33,34)28-10-12-35-13-11-28/h3-7,14-15,20H,8-13,16-18H2,1-2H3/t20-/m0/s1. The van der Waals surface area contributed by atoms with Crippen LogP contribution in [0.5, 0.6) is 5.75 Å². The molecule has 5 rings (SSSR count). The van der Waals surface area contributed by atoms with Crippen LogP contribution in [0.4, 0.5) is 11.4 Å². The largest absolute Gasteiger partial charge is 0.482 e. The number of aryl methyl sites for hydroxylation is 1. The molecule has 1 atom stereocenters. The minimum absolute atomic E-state index is 0.0595. The van der Waals surface area contributed by atoms with E-state index in [2.05, 4.69) is 36.9 Å². The summed E-state index contributed by atoms with van der Waals surface area (Å²) in [6.07, 6.45) is 0. The van der Waals surface area contributed by atoms with Gasteiger partial charge in [0.05, 0.1) is 23.8 Å². The molecule has 0 spiro atoms. The molecule has 2 saturated heterocycles. The van der Waals surface area contributed by atoms with Crippen LogP contribution < -0.4 is 14.5 Å². The molecule has 0 radical (unpaired) electrons. The zero-order chi connectivity index (χ0) is 26.2. The lowest BCUT2D eigenvalue weighted by Gasteiger charge is -2.42. The maximum atomic E-state index is 13.3. The van der Waals surface area contributed by atoms with E-state index in [0.29, 0.717) is 44.3 Å². The fourth-order valence-corrected chi connectivity index (χ4v) is 6.49. The number of sulfonamides is 1. The summed E-state index contributed by atoms with van der Waals surface area (Å²) >= 11 is 0. The first-order valence-corrected chi connectivity index (χ1v) is 13.9. The Bertz CT molecular complexity index is 1290. The summed E-state index contributed by atoms with van der Waals surface area (Å²) in [5.41, 5.74) is 2.61. The number of piperazine rings is 1. The van der Waals surface area contributed by atoms with Gasteiger partial charge in [0.15, 0.2) is 6.61 Å². The van der Waals surface area contributed by atoms with E-state index < -0.39 is 10.0 Å². The average Bonchev–Trinajstić information content (AvgIpc) is 2.90. The predicted molar refractivity (Wildman–Crippen MR) is 138 cm³/mol. The molecular formula is C26H32N4O6S. The molecule has 2 aromatic rings. The molecule has 3 aliphatic heterocycles. The van der Waals surface area contributed by atoms with E-state index in [1.54, 1.807) is 11.0 Å². The van der Waals surface area contributed by atoms with Crippen molar-refractivity contribution in [3.8, 4) is 5.75 Å². The van der Waals surface area contributed by atoms with Crippen LogP contribution in [0.1, 0.15) is 12.5 Å². The molecule has 0 saturated carbocycles. The Morgan fingerprint density at radius 1 is 1.05 bits per heavy atom. The average molecular weight is 529 g/mol. The van der Waals surface area contributed by atoms with Gasteiger partial charge in [0.1, 0.15) is 12.3 Å². The first kappa shape index (κ1) is 25.5. The number of hydrogen-bond acceptors (Lipinski definition) is 7. The third kappa shape index (κ3) is 5.16. The van der Waals surface area contributed by atoms with Crippen molar-refractivity contribution in [3.05, 3.63) is 48.0 Å². The van der Waals surface area contributed by atoms with Crippen LogP contribution in [0, 0.1) is 6.92 Å². The van der Waals surface area contributed by atoms with Gasteiger partial charge in [-0.25, -0.2) is 8.42 Å². The molecule has 37 heavy (non-hydrogen) atoms. The van der Waals surface area contributed by atoms with Crippen LogP contribution in [0.25, 0.3) is 0 Å². The van der Waals surface area contributed by atoms with Crippen molar-refractivity contribution >= 4 is 33.2 Å². The number of ether oxygens (including phenoxy) is 2. The number of carbonyl (C=O) groups is 2. The lowest BCUT2D eigenvalue weighted by Crippen LogP contribution is -2.56. The minimum atomic E-state index is -3.77. The molecule has 2 amide bonds. The molecular weight excluding hydrogens is 496 g/mol. The number of amides is 2. The Morgan fingerprint density at radius 3 is 2.57 bits per heavy atom. The summed E-state index contributed by atoms with van der Waals surface area (Å²) in [6, 6.07) is 12.9. The molecule has 0 aromatic heterocycles. The van der Waals surface area contributed by atoms with Crippen LogP contribution in [0.15, 0.2) is 47.4 Å². The van der Waals surface area contributed by atoms with E-state index in [1.165, 1.54) is 26.9 Å². The molecule has 0 bridgehead atoms. The number of rotatable bonds is 5. The number of nitrogens with zero attached hydrogens (tertiary/aromatic N) is 4. The highest BCUT2D eigenvalue weighted by Crippen LogP contribution is 2.35. The fraction of sp³-hybridized carbons (Fsp3) is 0.462. The van der Waals surface area contributed by atoms with Crippen LogP contribution in [-0.2, 0) is 24.3 Å². The summed E-state index contributed by atoms with van der Waals surface area (Å²) in [4.78, 5) is 31.6. The van der Waals surface area contributed by atoms with Crippen molar-refractivity contribution in [3.63, 3.8) is 0 Å². The second kappa shape index (κ2) is 10.3. The van der Waals surface area contributed by atoms with E-state index in [-0.39, 0.29) is 49.0 Å². The lowest BCUT2D eigenvalue weighted by molar-refractivity contribution is -0.132. The molecule has 10 nitrogen and oxygen atoms in total. The number of anilines is 2. The van der Waals surface area contributed by atoms with Gasteiger partial charge in [-0.15, -0.1) is 0 Å². The zero-order valence-electron chi connectivity index (χ0n) is 21.1. The molecule has 11 heteroatoms. The van der Waals surface area contributed by atoms with E-state index in [1.807, 2.05) is 6.07 Å². The van der Waals surface area contributed by atoms with Crippen LogP contribution in [-0.4, -0.2) is 94.6 Å². The fourth-order valence-electron chi connectivity index (χ4n) is 5.06. The minimum Gasteiger partial charge on any atom is -0.482 e. The van der Waals surface area contributed by atoms with Gasteiger partial charge in [-0.3, -0.25) is 14.5 Å². The van der Waals surface area contributed by atoms with Gasteiger partial charge < -0.3 is 19.3 Å². The summed E-state index contributed by atoms with van der Waals surface area (Å²) < 4.78 is 38.6. The number of hydrogen-bond donors (Lipinski definition) is 0. The second-order valence-electron chi connectivity index (χ2n) is 9.64. The SMILES string of the molecule is Cc1cccc(N2CCN(C(=O)CN3C(=O)COc4ccc(S(=O)(=O)N5CCOCC5)cc43)C[C@@H]2C)c1. The molecule has 3 aliphatic rings. The predicted octanol–water partition coefficient (Wildman–Crippen LogP) is 1.48. The summed E-state index contributed by atoms with van der Waals surface area (Å²) in [5.74, 6) is -0.183. The van der Waals surface area contributed by atoms with Gasteiger partial charge in [-0.2, -0.15) is 4.31 Å². The summed E-state index contributed by atoms with van der Waals surface area (Å²) in [5, 5.41) is 0. The smallest absolute Gasteiger partial charge is 0.265 e. The van der Waals surface area contributed by atoms with E-state index in [9.17, 15) is 18.0 Å². The maximum Gasteiger partial charge on any atom is 0.265 e. The molecule has 0 N–H and O–H groups in total. The molecule has 3 heterocycles. The Kier molecular flexibility index (Phi) is 7.11. The Labute approximate surface area is 217 Å². The number of carbonyl (C=O) groups excluding carboxylic acids is 2. The van der Waals surface area contributed by atoms with E-state index in [4.69, 9.17) is 9.47 Å². The van der Waals surface area contributed by atoms with Crippen molar-refractivity contribution < 1.29 is 27.5 Å². The topological polar surface area (TPSA) is 99.7 Å². The highest BCUT2D eigenvalue weighted by molar-refractivity contribution is 7.89. The summed E-state index contributed by atoms with van der Waals surface area (Å²) in [7, 11) is -3.77. The van der Waals surface area contributed by atoms with E-state index in [0.717, 1.165) is 5.69 Å². The van der Waals surface area contributed by atoms with Gasteiger partial charge in [-0.1, -0.05) is 12.1 Å². The highest BCUT2D eigenvalue weighted by Gasteiger charge is 2.34. The number of morpholine rings is 1. The van der Waals surface area contributed by atoms with Gasteiger partial charge in [-0.05, 0) is 49.7 Å². The van der Waals surface area contributed by atoms with Gasteiger partial charge >= 0.3 is 0 Å². The normalized spacial score (nSPS) is 21.0. The maximum absolute atomic E-state index is 13.3. The molecule has 2 fully saturated rings. The zero-order valence-corrected chi connectivity index (χ0v) is 21.9. The third-order valence-corrected chi connectivity index (χ3v) is 8.98. The molecule has 198 valence electrons. The van der Waals surface area contributed by atoms with Gasteiger partial charge in [0.2, 0.25) is 15.9 Å². The van der Waals surface area contributed by atoms with Crippen molar-refractivity contribution in [1.29, 1.82) is 0 Å². The Hall–Kier alpha value is -3.15. The highest BCUT2D eigenvalue weighted by atomic mass is 32.2. The number of benzene rings is 2. The van der Waals surface area contributed by atoms with Crippen molar-refractivity contribution in [1.82, 2.24) is 9.21 Å². The first-order chi connectivity index (χ1) is 17.7. The molecule has 2 aromatic carbocycles. The van der Waals surface area contributed by atoms with Crippen LogP contribution in [0.2, 0.25) is 0 Å². The van der Waals surface area contributed by atoms with Crippen LogP contribution in [0.3, 0.4) is 0 Å². The van der Waals surface area contributed by atoms with Crippen molar-refractivity contribution in [2.75, 3.05) is 68.9 Å². The van der Waals surface area contributed by atoms with Gasteiger partial charge in [0, 0.05) is 44.5 Å². The number of fused-ring (bicyclic) bond motifs is 1. The van der Waals surface area contributed by atoms with Gasteiger partial charge in [0.25, 0.3) is 5.91 Å². The van der Waals surface area contributed by atoms with Crippen molar-refractivity contribution in [2.45, 2.75) is 24.8 Å². The monoisotopic (exact) mass is 528 g/mol. The molecule has 0 unspecified atom stereocenters. The Morgan fingerprint density at radius 2 is 1.84 bits per heavy atom. The third-order valence-electron chi connectivity index (χ3n) is 7.09. The lowest BCUT2D eigenvalue weighted by atomic mass is 10.1. The van der Waals surface area contributed by atoms with Crippen LogP contribution >= 0.6 is 0 Å². The Balaban J connectivity index is 1.32. The molecule has 0 aliphatic carbocycles. The van der Waals surface area contributed by atoms with E-state index >= 15 is 0 Å². The second-order valence-corrected chi connectivity index (χ2v) is 11.6. The quantitative estimate of drug-likeness (QED) is 0.580. The summed E-state index contributed by atoms with van der Waals surface area (Å²) in [6.45, 7) is 6.73. The first-order valence-electron chi connectivity index (χ1n) is 12.5.